The topological polar surface area (TPSA) is 50.4 Å². The van der Waals surface area contributed by atoms with E-state index in [-0.39, 0.29) is 10.9 Å². The van der Waals surface area contributed by atoms with Crippen molar-refractivity contribution >= 4 is 28.9 Å². The van der Waals surface area contributed by atoms with Crippen molar-refractivity contribution in [3.63, 3.8) is 0 Å². The lowest BCUT2D eigenvalue weighted by molar-refractivity contribution is -0.137. The number of hydrogen-bond acceptors (Lipinski definition) is 3. The van der Waals surface area contributed by atoms with Gasteiger partial charge < -0.3 is 15.4 Å². The highest BCUT2D eigenvalue weighted by Gasteiger charge is 2.33. The predicted molar refractivity (Wildman–Crippen MR) is 113 cm³/mol. The smallest absolute Gasteiger partial charge is 0.417 e. The monoisotopic (exact) mass is 446 g/mol. The van der Waals surface area contributed by atoms with E-state index in [0.717, 1.165) is 28.6 Å². The standard InChI is InChI=1S/C23H18ClF3N2O2/c1-28-22(30)15-6-9-19-21(12-15)31-20-11-14(5-8-18(20)29-19)3-2-13-4-7-16(17(24)10-13)23(25,26)27/h4-12,29H,2-3H2,1H3,(H,28,30). The number of benzene rings is 3. The maximum absolute atomic E-state index is 12.9. The Balaban J connectivity index is 1.49. The van der Waals surface area contributed by atoms with Crippen LogP contribution in [0.5, 0.6) is 11.5 Å². The fourth-order valence-corrected chi connectivity index (χ4v) is 3.71. The molecule has 0 atom stereocenters. The second-order valence-corrected chi connectivity index (χ2v) is 7.57. The molecule has 2 N–H and O–H groups in total. The quantitative estimate of drug-likeness (QED) is 0.384. The zero-order valence-corrected chi connectivity index (χ0v) is 17.2. The first-order valence-corrected chi connectivity index (χ1v) is 9.92. The molecule has 0 unspecified atom stereocenters. The van der Waals surface area contributed by atoms with Crippen molar-refractivity contribution in [2.75, 3.05) is 12.4 Å². The molecule has 0 saturated carbocycles. The zero-order valence-electron chi connectivity index (χ0n) is 16.4. The summed E-state index contributed by atoms with van der Waals surface area (Å²) in [7, 11) is 1.56. The molecule has 1 heterocycles. The molecule has 0 saturated heterocycles. The molecule has 1 amide bonds. The zero-order chi connectivity index (χ0) is 22.2. The van der Waals surface area contributed by atoms with Gasteiger partial charge in [-0.3, -0.25) is 4.79 Å². The van der Waals surface area contributed by atoms with Crippen LogP contribution in [0.25, 0.3) is 0 Å². The van der Waals surface area contributed by atoms with Crippen LogP contribution in [0.3, 0.4) is 0 Å². The molecule has 8 heteroatoms. The van der Waals surface area contributed by atoms with Gasteiger partial charge in [0.1, 0.15) is 0 Å². The van der Waals surface area contributed by atoms with E-state index >= 15 is 0 Å². The maximum atomic E-state index is 12.9. The lowest BCUT2D eigenvalue weighted by atomic mass is 10.0. The highest BCUT2D eigenvalue weighted by Crippen LogP contribution is 2.42. The minimum absolute atomic E-state index is 0.207. The van der Waals surface area contributed by atoms with E-state index in [0.29, 0.717) is 29.9 Å². The largest absolute Gasteiger partial charge is 0.453 e. The van der Waals surface area contributed by atoms with Gasteiger partial charge in [-0.05, 0) is 66.4 Å². The van der Waals surface area contributed by atoms with Crippen molar-refractivity contribution < 1.29 is 22.7 Å². The summed E-state index contributed by atoms with van der Waals surface area (Å²) >= 11 is 5.81. The van der Waals surface area contributed by atoms with Crippen molar-refractivity contribution in [3.05, 3.63) is 81.9 Å². The van der Waals surface area contributed by atoms with Crippen molar-refractivity contribution in [2.24, 2.45) is 0 Å². The summed E-state index contributed by atoms with van der Waals surface area (Å²) in [5.41, 5.74) is 2.88. The third-order valence-electron chi connectivity index (χ3n) is 5.05. The summed E-state index contributed by atoms with van der Waals surface area (Å²) in [6, 6.07) is 14.7. The molecule has 1 aliphatic heterocycles. The van der Waals surface area contributed by atoms with Crippen LogP contribution in [-0.4, -0.2) is 13.0 Å². The van der Waals surface area contributed by atoms with E-state index in [1.807, 2.05) is 18.2 Å². The molecule has 0 aromatic heterocycles. The van der Waals surface area contributed by atoms with Crippen molar-refractivity contribution in [1.29, 1.82) is 0 Å². The van der Waals surface area contributed by atoms with Gasteiger partial charge in [-0.25, -0.2) is 0 Å². The van der Waals surface area contributed by atoms with Crippen molar-refractivity contribution in [3.8, 4) is 11.5 Å². The van der Waals surface area contributed by atoms with E-state index in [2.05, 4.69) is 10.6 Å². The Bertz CT molecular complexity index is 1160. The number of hydrogen-bond donors (Lipinski definition) is 2. The number of rotatable bonds is 4. The fraction of sp³-hybridized carbons (Fsp3) is 0.174. The van der Waals surface area contributed by atoms with Gasteiger partial charge in [0.2, 0.25) is 0 Å². The van der Waals surface area contributed by atoms with E-state index in [1.165, 1.54) is 12.1 Å². The Morgan fingerprint density at radius 3 is 2.23 bits per heavy atom. The lowest BCUT2D eigenvalue weighted by Crippen LogP contribution is -2.18. The number of carbonyl (C=O) groups excluding carboxylic acids is 1. The average molecular weight is 447 g/mol. The number of carbonyl (C=O) groups is 1. The van der Waals surface area contributed by atoms with Gasteiger partial charge in [0, 0.05) is 12.6 Å². The molecular formula is C23H18ClF3N2O2. The van der Waals surface area contributed by atoms with Gasteiger partial charge >= 0.3 is 6.18 Å². The molecule has 1 aliphatic rings. The van der Waals surface area contributed by atoms with Gasteiger partial charge in [0.05, 0.1) is 22.0 Å². The molecule has 0 radical (unpaired) electrons. The Hall–Kier alpha value is -3.19. The fourth-order valence-electron chi connectivity index (χ4n) is 3.40. The van der Waals surface area contributed by atoms with Crippen LogP contribution in [-0.2, 0) is 19.0 Å². The number of halogens is 4. The lowest BCUT2D eigenvalue weighted by Gasteiger charge is -2.23. The first-order chi connectivity index (χ1) is 14.7. The second kappa shape index (κ2) is 8.15. The normalized spacial score (nSPS) is 12.3. The number of alkyl halides is 3. The first-order valence-electron chi connectivity index (χ1n) is 9.54. The molecule has 4 rings (SSSR count). The summed E-state index contributed by atoms with van der Waals surface area (Å²) < 4.78 is 44.6. The molecule has 3 aromatic rings. The van der Waals surface area contributed by atoms with Gasteiger partial charge in [-0.15, -0.1) is 0 Å². The molecular weight excluding hydrogens is 429 g/mol. The first kappa shape index (κ1) is 21.1. The van der Waals surface area contributed by atoms with Crippen LogP contribution < -0.4 is 15.4 Å². The number of amides is 1. The Kier molecular flexibility index (Phi) is 5.54. The van der Waals surface area contributed by atoms with Crippen LogP contribution in [0.1, 0.15) is 27.0 Å². The van der Waals surface area contributed by atoms with E-state index in [1.54, 1.807) is 25.2 Å². The summed E-state index contributed by atoms with van der Waals surface area (Å²) in [6.45, 7) is 0. The van der Waals surface area contributed by atoms with Crippen molar-refractivity contribution in [1.82, 2.24) is 5.32 Å². The molecule has 3 aromatic carbocycles. The van der Waals surface area contributed by atoms with Crippen LogP contribution >= 0.6 is 11.6 Å². The highest BCUT2D eigenvalue weighted by molar-refractivity contribution is 6.31. The number of ether oxygens (including phenoxy) is 1. The van der Waals surface area contributed by atoms with Crippen LogP contribution in [0.15, 0.2) is 54.6 Å². The van der Waals surface area contributed by atoms with Crippen LogP contribution in [0, 0.1) is 0 Å². The van der Waals surface area contributed by atoms with Crippen LogP contribution in [0.4, 0.5) is 24.5 Å². The third-order valence-corrected chi connectivity index (χ3v) is 5.36. The molecule has 31 heavy (non-hydrogen) atoms. The predicted octanol–water partition coefficient (Wildman–Crippen LogP) is 6.35. The van der Waals surface area contributed by atoms with Gasteiger partial charge in [-0.2, -0.15) is 13.2 Å². The summed E-state index contributed by atoms with van der Waals surface area (Å²) in [5, 5.41) is 5.55. The molecule has 160 valence electrons. The van der Waals surface area contributed by atoms with Crippen molar-refractivity contribution in [2.45, 2.75) is 19.0 Å². The summed E-state index contributed by atoms with van der Waals surface area (Å²) in [5.74, 6) is 0.950. The van der Waals surface area contributed by atoms with Gasteiger partial charge in [-0.1, -0.05) is 23.7 Å². The maximum Gasteiger partial charge on any atom is 0.417 e. The highest BCUT2D eigenvalue weighted by atomic mass is 35.5. The summed E-state index contributed by atoms with van der Waals surface area (Å²) in [6.07, 6.45) is -3.34. The van der Waals surface area contributed by atoms with E-state index in [9.17, 15) is 18.0 Å². The Labute approximate surface area is 182 Å². The number of fused-ring (bicyclic) bond motifs is 2. The minimum atomic E-state index is -4.47. The van der Waals surface area contributed by atoms with Gasteiger partial charge in [0.25, 0.3) is 5.91 Å². The summed E-state index contributed by atoms with van der Waals surface area (Å²) in [4.78, 5) is 11.9. The Morgan fingerprint density at radius 1 is 0.968 bits per heavy atom. The third kappa shape index (κ3) is 4.46. The van der Waals surface area contributed by atoms with E-state index < -0.39 is 11.7 Å². The molecule has 4 nitrogen and oxygen atoms in total. The molecule has 0 fully saturated rings. The number of anilines is 2. The minimum Gasteiger partial charge on any atom is -0.453 e. The molecule has 0 aliphatic carbocycles. The van der Waals surface area contributed by atoms with Gasteiger partial charge in [0.15, 0.2) is 11.5 Å². The Morgan fingerprint density at radius 2 is 1.58 bits per heavy atom. The average Bonchev–Trinajstić information content (AvgIpc) is 2.74. The van der Waals surface area contributed by atoms with E-state index in [4.69, 9.17) is 16.3 Å². The second-order valence-electron chi connectivity index (χ2n) is 7.16. The van der Waals surface area contributed by atoms with Crippen LogP contribution in [0.2, 0.25) is 5.02 Å². The SMILES string of the molecule is CNC(=O)c1ccc2c(c1)Oc1cc(CCc3ccc(C(F)(F)F)c(Cl)c3)ccc1N2. The molecule has 0 spiro atoms. The number of aryl methyl sites for hydroxylation is 2. The number of nitrogens with one attached hydrogen (secondary N) is 2. The molecule has 0 bridgehead atoms.